The lowest BCUT2D eigenvalue weighted by Gasteiger charge is -2.16. The summed E-state index contributed by atoms with van der Waals surface area (Å²) in [6.45, 7) is 4.52. The fraction of sp³-hybridized carbons (Fsp3) is 1.00. The smallest absolute Gasteiger partial charge is 0.0896 e. The summed E-state index contributed by atoms with van der Waals surface area (Å²) in [4.78, 5) is 0. The van der Waals surface area contributed by atoms with Gasteiger partial charge in [-0.3, -0.25) is 0 Å². The summed E-state index contributed by atoms with van der Waals surface area (Å²) in [6.07, 6.45) is 16.5. The van der Waals surface area contributed by atoms with E-state index in [-0.39, 0.29) is 5.60 Å². The molecule has 2 aliphatic rings. The highest BCUT2D eigenvalue weighted by Crippen LogP contribution is 2.44. The summed E-state index contributed by atoms with van der Waals surface area (Å²) in [5.41, 5.74) is 0.196. The van der Waals surface area contributed by atoms with Crippen LogP contribution in [0, 0.1) is 5.92 Å². The molecule has 1 heterocycles. The molecule has 0 amide bonds. The molecular weight excluding hydrogens is 208 g/mol. The van der Waals surface area contributed by atoms with Gasteiger partial charge < -0.3 is 4.74 Å². The highest BCUT2D eigenvalue weighted by Gasteiger charge is 2.51. The van der Waals surface area contributed by atoms with Crippen LogP contribution in [0.15, 0.2) is 0 Å². The highest BCUT2D eigenvalue weighted by atomic mass is 16.6. The Morgan fingerprint density at radius 2 is 1.06 bits per heavy atom. The Kier molecular flexibility index (Phi) is 4.90. The molecule has 0 bridgehead atoms. The van der Waals surface area contributed by atoms with Crippen molar-refractivity contribution in [2.75, 3.05) is 0 Å². The van der Waals surface area contributed by atoms with Gasteiger partial charge in [-0.05, 0) is 32.6 Å². The molecule has 2 fully saturated rings. The number of hydrogen-bond acceptors (Lipinski definition) is 1. The zero-order valence-electron chi connectivity index (χ0n) is 11.8. The third-order valence-corrected chi connectivity index (χ3v) is 4.64. The van der Waals surface area contributed by atoms with Crippen LogP contribution in [0.3, 0.4) is 0 Å². The molecule has 17 heavy (non-hydrogen) atoms. The minimum atomic E-state index is 0.196. The normalized spacial score (nSPS) is 32.5. The summed E-state index contributed by atoms with van der Waals surface area (Å²) in [7, 11) is 0. The van der Waals surface area contributed by atoms with Gasteiger partial charge in [-0.25, -0.2) is 0 Å². The third kappa shape index (κ3) is 4.28. The van der Waals surface area contributed by atoms with Crippen LogP contribution < -0.4 is 0 Å². The molecule has 0 radical (unpaired) electrons. The van der Waals surface area contributed by atoms with Crippen LogP contribution in [0.2, 0.25) is 0 Å². The second-order valence-corrected chi connectivity index (χ2v) is 6.66. The number of rotatable bonds is 1. The summed E-state index contributed by atoms with van der Waals surface area (Å²) in [5, 5.41) is 0. The van der Waals surface area contributed by atoms with Crippen LogP contribution in [0.4, 0.5) is 0 Å². The second kappa shape index (κ2) is 6.22. The molecule has 1 aliphatic carbocycles. The zero-order chi connectivity index (χ0) is 12.1. The standard InChI is InChI=1S/C16H30O/c1-16(2)15(17-16)14-12-10-8-6-4-3-5-7-9-11-13-14/h14-15H,3-13H2,1-2H3/t15-/m1/s1. The molecule has 0 aromatic heterocycles. The van der Waals surface area contributed by atoms with Gasteiger partial charge in [0.1, 0.15) is 0 Å². The number of hydrogen-bond donors (Lipinski definition) is 0. The minimum Gasteiger partial charge on any atom is -0.366 e. The van der Waals surface area contributed by atoms with Crippen LogP contribution in [0.1, 0.15) is 84.5 Å². The Morgan fingerprint density at radius 1 is 0.706 bits per heavy atom. The van der Waals surface area contributed by atoms with Gasteiger partial charge in [0.25, 0.3) is 0 Å². The van der Waals surface area contributed by atoms with E-state index in [9.17, 15) is 0 Å². The minimum absolute atomic E-state index is 0.196. The van der Waals surface area contributed by atoms with Gasteiger partial charge >= 0.3 is 0 Å². The van der Waals surface area contributed by atoms with Crippen molar-refractivity contribution in [3.05, 3.63) is 0 Å². The summed E-state index contributed by atoms with van der Waals surface area (Å²) < 4.78 is 5.87. The molecule has 0 unspecified atom stereocenters. The van der Waals surface area contributed by atoms with Crippen LogP contribution in [0.25, 0.3) is 0 Å². The van der Waals surface area contributed by atoms with Crippen molar-refractivity contribution < 1.29 is 4.74 Å². The SMILES string of the molecule is CC1(C)O[C@@H]1C1CCCCCCCCCCC1. The first-order valence-corrected chi connectivity index (χ1v) is 7.88. The van der Waals surface area contributed by atoms with E-state index in [4.69, 9.17) is 4.74 Å². The molecule has 1 heteroatoms. The van der Waals surface area contributed by atoms with E-state index in [0.717, 1.165) is 5.92 Å². The summed E-state index contributed by atoms with van der Waals surface area (Å²) in [6, 6.07) is 0. The molecule has 2 rings (SSSR count). The van der Waals surface area contributed by atoms with Gasteiger partial charge in [-0.2, -0.15) is 0 Å². The average Bonchev–Trinajstić information content (AvgIpc) is 2.88. The third-order valence-electron chi connectivity index (χ3n) is 4.64. The van der Waals surface area contributed by atoms with Crippen molar-refractivity contribution in [1.29, 1.82) is 0 Å². The topological polar surface area (TPSA) is 12.5 Å². The van der Waals surface area contributed by atoms with Crippen molar-refractivity contribution in [2.45, 2.75) is 96.2 Å². The lowest BCUT2D eigenvalue weighted by atomic mass is 9.87. The fourth-order valence-corrected chi connectivity index (χ4v) is 3.45. The van der Waals surface area contributed by atoms with E-state index in [1.54, 1.807) is 0 Å². The quantitative estimate of drug-likeness (QED) is 0.580. The van der Waals surface area contributed by atoms with E-state index >= 15 is 0 Å². The van der Waals surface area contributed by atoms with Gasteiger partial charge in [0.15, 0.2) is 0 Å². The van der Waals surface area contributed by atoms with Crippen molar-refractivity contribution in [3.63, 3.8) is 0 Å². The van der Waals surface area contributed by atoms with E-state index in [1.807, 2.05) is 0 Å². The van der Waals surface area contributed by atoms with Crippen LogP contribution >= 0.6 is 0 Å². The largest absolute Gasteiger partial charge is 0.366 e. The first kappa shape index (κ1) is 13.4. The molecule has 0 aromatic rings. The maximum Gasteiger partial charge on any atom is 0.0896 e. The first-order chi connectivity index (χ1) is 8.20. The highest BCUT2D eigenvalue weighted by molar-refractivity contribution is 4.98. The van der Waals surface area contributed by atoms with E-state index in [2.05, 4.69) is 13.8 Å². The van der Waals surface area contributed by atoms with Gasteiger partial charge in [0, 0.05) is 0 Å². The van der Waals surface area contributed by atoms with Crippen LogP contribution in [0.5, 0.6) is 0 Å². The average molecular weight is 238 g/mol. The van der Waals surface area contributed by atoms with Crippen LogP contribution in [-0.4, -0.2) is 11.7 Å². The fourth-order valence-electron chi connectivity index (χ4n) is 3.45. The van der Waals surface area contributed by atoms with Crippen molar-refractivity contribution in [3.8, 4) is 0 Å². The Morgan fingerprint density at radius 3 is 1.41 bits per heavy atom. The van der Waals surface area contributed by atoms with Crippen molar-refractivity contribution in [2.24, 2.45) is 5.92 Å². The molecule has 1 aliphatic heterocycles. The molecule has 0 aromatic carbocycles. The van der Waals surface area contributed by atoms with E-state index in [1.165, 1.54) is 70.6 Å². The first-order valence-electron chi connectivity index (χ1n) is 7.88. The number of ether oxygens (including phenoxy) is 1. The Hall–Kier alpha value is -0.0400. The van der Waals surface area contributed by atoms with Crippen LogP contribution in [-0.2, 0) is 4.74 Å². The molecule has 1 atom stereocenters. The molecule has 100 valence electrons. The second-order valence-electron chi connectivity index (χ2n) is 6.66. The van der Waals surface area contributed by atoms with Crippen molar-refractivity contribution in [1.82, 2.24) is 0 Å². The lowest BCUT2D eigenvalue weighted by molar-refractivity contribution is 0.270. The van der Waals surface area contributed by atoms with Gasteiger partial charge in [0.2, 0.25) is 0 Å². The Bertz CT molecular complexity index is 210. The van der Waals surface area contributed by atoms with E-state index < -0.39 is 0 Å². The lowest BCUT2D eigenvalue weighted by Crippen LogP contribution is -2.15. The van der Waals surface area contributed by atoms with Gasteiger partial charge in [-0.1, -0.05) is 57.8 Å². The predicted octanol–water partition coefficient (Wildman–Crippen LogP) is 5.08. The summed E-state index contributed by atoms with van der Waals surface area (Å²) in [5.74, 6) is 0.851. The van der Waals surface area contributed by atoms with Crippen molar-refractivity contribution >= 4 is 0 Å². The monoisotopic (exact) mass is 238 g/mol. The Labute approximate surface area is 107 Å². The molecular formula is C16H30O. The maximum atomic E-state index is 5.87. The zero-order valence-corrected chi connectivity index (χ0v) is 11.8. The summed E-state index contributed by atoms with van der Waals surface area (Å²) >= 11 is 0. The molecule has 1 nitrogen and oxygen atoms in total. The molecule has 1 saturated carbocycles. The Balaban J connectivity index is 1.77. The van der Waals surface area contributed by atoms with Gasteiger partial charge in [-0.15, -0.1) is 0 Å². The number of epoxide rings is 1. The van der Waals surface area contributed by atoms with E-state index in [0.29, 0.717) is 6.10 Å². The molecule has 0 N–H and O–H groups in total. The van der Waals surface area contributed by atoms with Gasteiger partial charge in [0.05, 0.1) is 11.7 Å². The predicted molar refractivity (Wildman–Crippen MR) is 73.2 cm³/mol. The maximum absolute atomic E-state index is 5.87. The molecule has 1 saturated heterocycles. The molecule has 0 spiro atoms.